The smallest absolute Gasteiger partial charge is 0.308 e. The monoisotopic (exact) mass is 563 g/mol. The van der Waals surface area contributed by atoms with Crippen molar-refractivity contribution < 1.29 is 28.6 Å². The first-order chi connectivity index (χ1) is 19.0. The highest BCUT2D eigenvalue weighted by atomic mass is 32.1. The summed E-state index contributed by atoms with van der Waals surface area (Å²) in [5, 5.41) is 5.53. The highest BCUT2D eigenvalue weighted by Gasteiger charge is 2.34. The lowest BCUT2D eigenvalue weighted by Gasteiger charge is -2.36. The van der Waals surface area contributed by atoms with Crippen LogP contribution in [0, 0.1) is 0 Å². The molecule has 1 saturated heterocycles. The summed E-state index contributed by atoms with van der Waals surface area (Å²) in [4.78, 5) is 39.6. The number of ether oxygens (including phenoxy) is 3. The average molecular weight is 564 g/mol. The van der Waals surface area contributed by atoms with E-state index in [9.17, 15) is 14.4 Å². The minimum Gasteiger partial charge on any atom is -0.490 e. The van der Waals surface area contributed by atoms with Crippen LogP contribution in [0.2, 0.25) is 0 Å². The third-order valence-electron chi connectivity index (χ3n) is 6.61. The fraction of sp³-hybridized carbons (Fsp3) is 0.655. The maximum atomic E-state index is 13.0. The molecule has 0 bridgehead atoms. The van der Waals surface area contributed by atoms with Crippen molar-refractivity contribution in [2.24, 2.45) is 0 Å². The summed E-state index contributed by atoms with van der Waals surface area (Å²) in [5.74, 6) is -0.833. The lowest BCUT2D eigenvalue weighted by Crippen LogP contribution is -2.60. The zero-order valence-corrected chi connectivity index (χ0v) is 24.3. The van der Waals surface area contributed by atoms with Gasteiger partial charge in [0.15, 0.2) is 5.11 Å². The Labute approximate surface area is 238 Å². The van der Waals surface area contributed by atoms with Crippen LogP contribution >= 0.6 is 12.2 Å². The third-order valence-corrected chi connectivity index (χ3v) is 6.95. The number of unbranched alkanes of at least 4 members (excludes halogenated alkanes) is 9. The van der Waals surface area contributed by atoms with Crippen LogP contribution in [0.4, 0.5) is 0 Å². The normalized spacial score (nSPS) is 15.0. The van der Waals surface area contributed by atoms with E-state index in [0.29, 0.717) is 44.2 Å². The summed E-state index contributed by atoms with van der Waals surface area (Å²) in [7, 11) is 1.57. The number of amides is 2. The van der Waals surface area contributed by atoms with E-state index < -0.39 is 17.9 Å². The maximum absolute atomic E-state index is 13.0. The third kappa shape index (κ3) is 12.3. The number of piperazine rings is 1. The summed E-state index contributed by atoms with van der Waals surface area (Å²) in [5.41, 5.74) is 0.310. The van der Waals surface area contributed by atoms with Crippen molar-refractivity contribution in [2.45, 2.75) is 83.6 Å². The van der Waals surface area contributed by atoms with Crippen LogP contribution in [-0.4, -0.2) is 73.9 Å². The SMILES string of the molecule is CCCCCCCCCCCCOC(=O)CC1C(=O)NCCN1C(=S)NC(=O)c1ccccc1OCCOC. The summed E-state index contributed by atoms with van der Waals surface area (Å²) in [6, 6.07) is 5.97. The van der Waals surface area contributed by atoms with E-state index >= 15 is 0 Å². The molecule has 1 aliphatic rings. The Morgan fingerprint density at radius 1 is 1.00 bits per heavy atom. The van der Waals surface area contributed by atoms with Crippen molar-refractivity contribution in [1.82, 2.24) is 15.5 Å². The Bertz CT molecular complexity index is 913. The first-order valence-corrected chi connectivity index (χ1v) is 14.6. The van der Waals surface area contributed by atoms with Gasteiger partial charge in [0.2, 0.25) is 5.91 Å². The summed E-state index contributed by atoms with van der Waals surface area (Å²) in [6.07, 6.45) is 11.8. The fourth-order valence-electron chi connectivity index (χ4n) is 4.40. The average Bonchev–Trinajstić information content (AvgIpc) is 2.93. The number of carbonyl (C=O) groups excluding carboxylic acids is 3. The summed E-state index contributed by atoms with van der Waals surface area (Å²) in [6.45, 7) is 3.97. The predicted octanol–water partition coefficient (Wildman–Crippen LogP) is 4.38. The van der Waals surface area contributed by atoms with Gasteiger partial charge in [0.25, 0.3) is 5.91 Å². The molecule has 0 aromatic heterocycles. The molecule has 1 unspecified atom stereocenters. The van der Waals surface area contributed by atoms with Crippen molar-refractivity contribution in [3.63, 3.8) is 0 Å². The standard InChI is InChI=1S/C29H45N3O6S/c1-3-4-5-6-7-8-9-10-11-14-19-38-26(33)22-24-28(35)30-17-18-32(24)29(39)31-27(34)23-15-12-13-16-25(23)37-21-20-36-2/h12-13,15-16,24H,3-11,14,17-22H2,1-2H3,(H,30,35)(H,31,34,39). The Hall–Kier alpha value is -2.72. The number of methoxy groups -OCH3 is 1. The number of rotatable bonds is 18. The van der Waals surface area contributed by atoms with Gasteiger partial charge in [0.05, 0.1) is 25.2 Å². The van der Waals surface area contributed by atoms with Gasteiger partial charge in [0.1, 0.15) is 18.4 Å². The second-order valence-electron chi connectivity index (χ2n) is 9.70. The molecule has 39 heavy (non-hydrogen) atoms. The van der Waals surface area contributed by atoms with E-state index in [-0.39, 0.29) is 17.4 Å². The van der Waals surface area contributed by atoms with Gasteiger partial charge in [-0.15, -0.1) is 0 Å². The summed E-state index contributed by atoms with van der Waals surface area (Å²) >= 11 is 5.47. The van der Waals surface area contributed by atoms with Crippen LogP contribution in [0.15, 0.2) is 24.3 Å². The minimum absolute atomic E-state index is 0.0778. The highest BCUT2D eigenvalue weighted by Crippen LogP contribution is 2.19. The molecule has 2 N–H and O–H groups in total. The number of hydrogen-bond donors (Lipinski definition) is 2. The molecule has 1 atom stereocenters. The fourth-order valence-corrected chi connectivity index (χ4v) is 4.72. The van der Waals surface area contributed by atoms with Crippen molar-refractivity contribution in [3.05, 3.63) is 29.8 Å². The number of esters is 1. The molecule has 0 saturated carbocycles. The molecule has 0 spiro atoms. The van der Waals surface area contributed by atoms with Gasteiger partial charge in [-0.1, -0.05) is 76.8 Å². The van der Waals surface area contributed by atoms with Crippen LogP contribution < -0.4 is 15.4 Å². The minimum atomic E-state index is -0.847. The van der Waals surface area contributed by atoms with Crippen LogP contribution in [0.3, 0.4) is 0 Å². The second-order valence-corrected chi connectivity index (χ2v) is 10.1. The quantitative estimate of drug-likeness (QED) is 0.154. The molecule has 1 aromatic rings. The van der Waals surface area contributed by atoms with E-state index in [2.05, 4.69) is 17.6 Å². The lowest BCUT2D eigenvalue weighted by molar-refractivity contribution is -0.147. The van der Waals surface area contributed by atoms with Crippen LogP contribution in [-0.2, 0) is 19.1 Å². The van der Waals surface area contributed by atoms with Crippen molar-refractivity contribution in [2.75, 3.05) is 40.0 Å². The Kier molecular flexibility index (Phi) is 16.1. The first kappa shape index (κ1) is 32.5. The predicted molar refractivity (Wildman–Crippen MR) is 155 cm³/mol. The molecule has 218 valence electrons. The van der Waals surface area contributed by atoms with Crippen molar-refractivity contribution >= 4 is 35.1 Å². The van der Waals surface area contributed by atoms with Gasteiger partial charge in [-0.2, -0.15) is 0 Å². The van der Waals surface area contributed by atoms with Gasteiger partial charge in [-0.3, -0.25) is 19.7 Å². The van der Waals surface area contributed by atoms with Gasteiger partial charge < -0.3 is 24.4 Å². The molecule has 9 nitrogen and oxygen atoms in total. The van der Waals surface area contributed by atoms with Gasteiger partial charge in [0, 0.05) is 20.2 Å². The molecular weight excluding hydrogens is 518 g/mol. The van der Waals surface area contributed by atoms with Gasteiger partial charge in [-0.05, 0) is 30.8 Å². The van der Waals surface area contributed by atoms with Crippen molar-refractivity contribution in [1.29, 1.82) is 0 Å². The number of nitrogens with one attached hydrogen (secondary N) is 2. The Balaban J connectivity index is 1.77. The molecule has 10 heteroatoms. The number of carbonyl (C=O) groups is 3. The number of thiocarbonyl (C=S) groups is 1. The molecule has 0 aliphatic carbocycles. The van der Waals surface area contributed by atoms with E-state index in [1.165, 1.54) is 44.9 Å². The first-order valence-electron chi connectivity index (χ1n) is 14.2. The topological polar surface area (TPSA) is 106 Å². The molecular formula is C29H45N3O6S. The molecule has 2 amide bonds. The number of para-hydroxylation sites is 1. The summed E-state index contributed by atoms with van der Waals surface area (Å²) < 4.78 is 16.0. The van der Waals surface area contributed by atoms with Crippen LogP contribution in [0.1, 0.15) is 87.9 Å². The molecule has 1 aliphatic heterocycles. The second kappa shape index (κ2) is 19.4. The van der Waals surface area contributed by atoms with Gasteiger partial charge in [-0.25, -0.2) is 0 Å². The van der Waals surface area contributed by atoms with Gasteiger partial charge >= 0.3 is 5.97 Å². The maximum Gasteiger partial charge on any atom is 0.308 e. The molecule has 1 fully saturated rings. The van der Waals surface area contributed by atoms with Crippen LogP contribution in [0.5, 0.6) is 5.75 Å². The molecule has 1 heterocycles. The Morgan fingerprint density at radius 2 is 1.67 bits per heavy atom. The number of hydrogen-bond acceptors (Lipinski definition) is 7. The Morgan fingerprint density at radius 3 is 2.36 bits per heavy atom. The van der Waals surface area contributed by atoms with E-state index in [1.807, 2.05) is 0 Å². The zero-order chi connectivity index (χ0) is 28.3. The molecule has 2 rings (SSSR count). The molecule has 1 aromatic carbocycles. The highest BCUT2D eigenvalue weighted by molar-refractivity contribution is 7.80. The molecule has 0 radical (unpaired) electrons. The number of benzene rings is 1. The van der Waals surface area contributed by atoms with Crippen LogP contribution in [0.25, 0.3) is 0 Å². The van der Waals surface area contributed by atoms with Crippen molar-refractivity contribution in [3.8, 4) is 5.75 Å². The van der Waals surface area contributed by atoms with E-state index in [1.54, 1.807) is 36.3 Å². The van der Waals surface area contributed by atoms with E-state index in [4.69, 9.17) is 26.4 Å². The van der Waals surface area contributed by atoms with E-state index in [0.717, 1.165) is 19.3 Å². The number of nitrogens with zero attached hydrogens (tertiary/aromatic N) is 1. The lowest BCUT2D eigenvalue weighted by atomic mass is 10.1. The largest absolute Gasteiger partial charge is 0.490 e. The zero-order valence-electron chi connectivity index (χ0n) is 23.5.